The first kappa shape index (κ1) is 13.6. The normalized spacial score (nSPS) is 21.1. The SMILES string of the molecule is O=C(c1ccccn1)N1CC[C@@H](Nc2nc(C3CC3)ns2)C1. The topological polar surface area (TPSA) is 71.0 Å². The predicted octanol–water partition coefficient (Wildman–Crippen LogP) is 2.14. The maximum atomic E-state index is 12.4. The van der Waals surface area contributed by atoms with E-state index in [-0.39, 0.29) is 11.9 Å². The molecule has 114 valence electrons. The summed E-state index contributed by atoms with van der Waals surface area (Å²) in [5, 5.41) is 4.28. The van der Waals surface area contributed by atoms with Crippen molar-refractivity contribution >= 4 is 22.6 Å². The molecule has 1 atom stereocenters. The van der Waals surface area contributed by atoms with Crippen LogP contribution in [0.2, 0.25) is 0 Å². The van der Waals surface area contributed by atoms with Gasteiger partial charge in [0.15, 0.2) is 0 Å². The van der Waals surface area contributed by atoms with E-state index in [2.05, 4.69) is 19.7 Å². The maximum absolute atomic E-state index is 12.4. The summed E-state index contributed by atoms with van der Waals surface area (Å²) in [4.78, 5) is 22.9. The quantitative estimate of drug-likeness (QED) is 0.936. The van der Waals surface area contributed by atoms with E-state index in [4.69, 9.17) is 0 Å². The van der Waals surface area contributed by atoms with Gasteiger partial charge < -0.3 is 10.2 Å². The third-order valence-electron chi connectivity index (χ3n) is 4.07. The first-order valence-corrected chi connectivity index (χ1v) is 8.37. The van der Waals surface area contributed by atoms with Crippen LogP contribution < -0.4 is 5.32 Å². The van der Waals surface area contributed by atoms with Gasteiger partial charge in [-0.15, -0.1) is 0 Å². The maximum Gasteiger partial charge on any atom is 0.272 e. The summed E-state index contributed by atoms with van der Waals surface area (Å²) in [5.41, 5.74) is 0.509. The molecule has 2 aromatic rings. The van der Waals surface area contributed by atoms with Gasteiger partial charge in [0.25, 0.3) is 5.91 Å². The molecule has 1 N–H and O–H groups in total. The van der Waals surface area contributed by atoms with Gasteiger partial charge in [-0.1, -0.05) is 6.07 Å². The van der Waals surface area contributed by atoms with Crippen molar-refractivity contribution in [2.75, 3.05) is 18.4 Å². The van der Waals surface area contributed by atoms with Crippen molar-refractivity contribution in [1.82, 2.24) is 19.2 Å². The zero-order chi connectivity index (χ0) is 14.9. The first-order chi connectivity index (χ1) is 10.8. The Morgan fingerprint density at radius 3 is 3.00 bits per heavy atom. The van der Waals surface area contributed by atoms with E-state index >= 15 is 0 Å². The van der Waals surface area contributed by atoms with E-state index in [0.717, 1.165) is 23.9 Å². The molecule has 1 saturated carbocycles. The van der Waals surface area contributed by atoms with E-state index < -0.39 is 0 Å². The second-order valence-electron chi connectivity index (χ2n) is 5.83. The van der Waals surface area contributed by atoms with E-state index in [9.17, 15) is 4.79 Å². The minimum Gasteiger partial charge on any atom is -0.356 e. The fraction of sp³-hybridized carbons (Fsp3) is 0.467. The number of carbonyl (C=O) groups is 1. The van der Waals surface area contributed by atoms with Gasteiger partial charge in [0.2, 0.25) is 5.13 Å². The third-order valence-corrected chi connectivity index (χ3v) is 4.73. The lowest BCUT2D eigenvalue weighted by atomic mass is 10.3. The van der Waals surface area contributed by atoms with Crippen LogP contribution in [-0.2, 0) is 0 Å². The molecule has 1 aliphatic heterocycles. The van der Waals surface area contributed by atoms with Gasteiger partial charge in [-0.2, -0.15) is 4.37 Å². The van der Waals surface area contributed by atoms with E-state index in [1.807, 2.05) is 17.0 Å². The van der Waals surface area contributed by atoms with Crippen LogP contribution in [0.15, 0.2) is 24.4 Å². The third kappa shape index (κ3) is 2.81. The second kappa shape index (κ2) is 5.64. The Kier molecular flexibility index (Phi) is 3.49. The lowest BCUT2D eigenvalue weighted by Crippen LogP contribution is -2.32. The molecule has 0 aromatic carbocycles. The van der Waals surface area contributed by atoms with Crippen LogP contribution in [0.1, 0.15) is 41.5 Å². The Bertz CT molecular complexity index is 670. The molecular formula is C15H17N5OS. The van der Waals surface area contributed by atoms with Crippen molar-refractivity contribution in [3.8, 4) is 0 Å². The van der Waals surface area contributed by atoms with Gasteiger partial charge in [0.1, 0.15) is 11.5 Å². The number of hydrogen-bond acceptors (Lipinski definition) is 6. The summed E-state index contributed by atoms with van der Waals surface area (Å²) in [6.07, 6.45) is 5.01. The van der Waals surface area contributed by atoms with Crippen molar-refractivity contribution in [2.24, 2.45) is 0 Å². The summed E-state index contributed by atoms with van der Waals surface area (Å²) in [7, 11) is 0. The summed E-state index contributed by atoms with van der Waals surface area (Å²) in [5.74, 6) is 1.56. The van der Waals surface area contributed by atoms with Crippen molar-refractivity contribution in [1.29, 1.82) is 0 Å². The molecule has 7 heteroatoms. The van der Waals surface area contributed by atoms with Crippen molar-refractivity contribution in [2.45, 2.75) is 31.2 Å². The lowest BCUT2D eigenvalue weighted by molar-refractivity contribution is 0.0786. The van der Waals surface area contributed by atoms with E-state index in [1.54, 1.807) is 12.3 Å². The molecule has 0 radical (unpaired) electrons. The van der Waals surface area contributed by atoms with Crippen molar-refractivity contribution < 1.29 is 4.79 Å². The Labute approximate surface area is 132 Å². The minimum atomic E-state index is 0.000771. The summed E-state index contributed by atoms with van der Waals surface area (Å²) in [6, 6.07) is 5.66. The highest BCUT2D eigenvalue weighted by atomic mass is 32.1. The molecule has 22 heavy (non-hydrogen) atoms. The lowest BCUT2D eigenvalue weighted by Gasteiger charge is -2.16. The van der Waals surface area contributed by atoms with E-state index in [0.29, 0.717) is 18.2 Å². The number of nitrogens with zero attached hydrogens (tertiary/aromatic N) is 4. The first-order valence-electron chi connectivity index (χ1n) is 7.60. The van der Waals surface area contributed by atoms with Gasteiger partial charge >= 0.3 is 0 Å². The summed E-state index contributed by atoms with van der Waals surface area (Å²) < 4.78 is 4.40. The predicted molar refractivity (Wildman–Crippen MR) is 84.1 cm³/mol. The molecule has 2 aliphatic rings. The molecule has 0 bridgehead atoms. The Morgan fingerprint density at radius 2 is 2.23 bits per heavy atom. The van der Waals surface area contributed by atoms with Crippen LogP contribution in [0.5, 0.6) is 0 Å². The number of hydrogen-bond donors (Lipinski definition) is 1. The number of aromatic nitrogens is 3. The van der Waals surface area contributed by atoms with Crippen LogP contribution in [0.3, 0.4) is 0 Å². The van der Waals surface area contributed by atoms with Crippen LogP contribution >= 0.6 is 11.5 Å². The van der Waals surface area contributed by atoms with Crippen LogP contribution in [0.25, 0.3) is 0 Å². The molecule has 1 saturated heterocycles. The number of rotatable bonds is 4. The van der Waals surface area contributed by atoms with Crippen LogP contribution in [-0.4, -0.2) is 44.3 Å². The number of pyridine rings is 1. The highest BCUT2D eigenvalue weighted by Gasteiger charge is 2.30. The van der Waals surface area contributed by atoms with Gasteiger partial charge in [-0.25, -0.2) is 4.98 Å². The van der Waals surface area contributed by atoms with Gasteiger partial charge in [-0.3, -0.25) is 9.78 Å². The zero-order valence-corrected chi connectivity index (χ0v) is 12.9. The Balaban J connectivity index is 1.36. The fourth-order valence-electron chi connectivity index (χ4n) is 2.69. The summed E-state index contributed by atoms with van der Waals surface area (Å²) >= 11 is 1.42. The molecule has 6 nitrogen and oxygen atoms in total. The van der Waals surface area contributed by atoms with Gasteiger partial charge in [0, 0.05) is 42.8 Å². The van der Waals surface area contributed by atoms with Crippen molar-refractivity contribution in [3.63, 3.8) is 0 Å². The number of amides is 1. The molecule has 3 heterocycles. The molecule has 2 fully saturated rings. The molecule has 1 aliphatic carbocycles. The monoisotopic (exact) mass is 315 g/mol. The average molecular weight is 315 g/mol. The van der Waals surface area contributed by atoms with E-state index in [1.165, 1.54) is 24.4 Å². The molecular weight excluding hydrogens is 298 g/mol. The highest BCUT2D eigenvalue weighted by molar-refractivity contribution is 7.09. The Morgan fingerprint density at radius 1 is 1.32 bits per heavy atom. The number of likely N-dealkylation sites (tertiary alicyclic amines) is 1. The Hall–Kier alpha value is -2.02. The molecule has 4 rings (SSSR count). The van der Waals surface area contributed by atoms with Crippen LogP contribution in [0, 0.1) is 0 Å². The summed E-state index contributed by atoms with van der Waals surface area (Å²) in [6.45, 7) is 1.44. The smallest absolute Gasteiger partial charge is 0.272 e. The number of nitrogens with one attached hydrogen (secondary N) is 1. The largest absolute Gasteiger partial charge is 0.356 e. The minimum absolute atomic E-state index is 0.000771. The standard InChI is InChI=1S/C15H17N5OS/c21-14(12-3-1-2-7-16-12)20-8-6-11(9-20)17-15-18-13(19-22-15)10-4-5-10/h1-3,7,10-11H,4-6,8-9H2,(H,17,18,19)/t11-/m1/s1. The molecule has 0 unspecified atom stereocenters. The number of carbonyl (C=O) groups excluding carboxylic acids is 1. The molecule has 2 aromatic heterocycles. The zero-order valence-electron chi connectivity index (χ0n) is 12.1. The number of anilines is 1. The van der Waals surface area contributed by atoms with Gasteiger partial charge in [-0.05, 0) is 31.4 Å². The highest BCUT2D eigenvalue weighted by Crippen LogP contribution is 2.39. The molecule has 0 spiro atoms. The van der Waals surface area contributed by atoms with Gasteiger partial charge in [0.05, 0.1) is 0 Å². The fourth-order valence-corrected chi connectivity index (χ4v) is 3.41. The van der Waals surface area contributed by atoms with Crippen LogP contribution in [0.4, 0.5) is 5.13 Å². The van der Waals surface area contributed by atoms with Crippen molar-refractivity contribution in [3.05, 3.63) is 35.9 Å². The molecule has 1 amide bonds. The second-order valence-corrected chi connectivity index (χ2v) is 6.58. The average Bonchev–Trinajstić information content (AvgIpc) is 3.13.